The standard InChI is InChI=1S/C25H19ClN4O2S.H3N/c26-20-11-4-5-12-21(20)33-23-24(31)29-30(25(23)32)22(16-7-2-1-3-8-16)18-10-6-9-17(13-18)19-14-27-28-15-19;/h1-15,22,32H,(H,27,28)(H,29,31);1H3/p-1. The Labute approximate surface area is 205 Å². The number of aromatic amines is 2. The molecule has 7 nitrogen and oxygen atoms in total. The maximum Gasteiger partial charge on any atom is 0.277 e. The fourth-order valence-corrected chi connectivity index (χ4v) is 4.86. The van der Waals surface area contributed by atoms with Crippen LogP contribution in [0.1, 0.15) is 17.2 Å². The van der Waals surface area contributed by atoms with E-state index < -0.39 is 17.5 Å². The summed E-state index contributed by atoms with van der Waals surface area (Å²) in [5.74, 6) is -0.396. The Bertz CT molecular complexity index is 1450. The molecule has 0 aliphatic heterocycles. The minimum atomic E-state index is -0.515. The van der Waals surface area contributed by atoms with E-state index in [2.05, 4.69) is 15.3 Å². The van der Waals surface area contributed by atoms with Crippen LogP contribution in [0.15, 0.2) is 106 Å². The highest BCUT2D eigenvalue weighted by atomic mass is 35.5. The molecule has 5 aromatic rings. The Morgan fingerprint density at radius 1 is 0.941 bits per heavy atom. The summed E-state index contributed by atoms with van der Waals surface area (Å²) >= 11 is 7.33. The third-order valence-electron chi connectivity index (χ3n) is 5.30. The van der Waals surface area contributed by atoms with Crippen LogP contribution in [0.2, 0.25) is 5.02 Å². The van der Waals surface area contributed by atoms with E-state index >= 15 is 0 Å². The van der Waals surface area contributed by atoms with E-state index in [9.17, 15) is 9.90 Å². The molecule has 1 atom stereocenters. The summed E-state index contributed by atoms with van der Waals surface area (Å²) < 4.78 is 1.39. The van der Waals surface area contributed by atoms with Gasteiger partial charge in [0.15, 0.2) is 0 Å². The lowest BCUT2D eigenvalue weighted by Crippen LogP contribution is -2.18. The molecule has 0 radical (unpaired) electrons. The van der Waals surface area contributed by atoms with E-state index in [1.165, 1.54) is 4.68 Å². The molecule has 9 heteroatoms. The van der Waals surface area contributed by atoms with Gasteiger partial charge in [0.05, 0.1) is 22.2 Å². The van der Waals surface area contributed by atoms with Crippen LogP contribution in [0.25, 0.3) is 11.1 Å². The number of benzene rings is 3. The summed E-state index contributed by atoms with van der Waals surface area (Å²) in [5, 5.41) is 23.6. The van der Waals surface area contributed by atoms with Gasteiger partial charge in [0, 0.05) is 22.5 Å². The lowest BCUT2D eigenvalue weighted by atomic mass is 9.96. The van der Waals surface area contributed by atoms with Crippen LogP contribution >= 0.6 is 23.4 Å². The molecule has 0 aliphatic carbocycles. The van der Waals surface area contributed by atoms with Crippen LogP contribution in [0, 0.1) is 0 Å². The molecule has 34 heavy (non-hydrogen) atoms. The van der Waals surface area contributed by atoms with Crippen LogP contribution < -0.4 is 16.8 Å². The van der Waals surface area contributed by atoms with Gasteiger partial charge in [-0.05, 0) is 34.9 Å². The molecule has 0 bridgehead atoms. The van der Waals surface area contributed by atoms with Crippen LogP contribution in [-0.4, -0.2) is 20.0 Å². The molecular formula is C25H21ClN5O2S-. The predicted octanol–water partition coefficient (Wildman–Crippen LogP) is 5.24. The first kappa shape index (κ1) is 23.4. The fourth-order valence-electron chi connectivity index (χ4n) is 3.75. The van der Waals surface area contributed by atoms with Gasteiger partial charge >= 0.3 is 0 Å². The zero-order valence-electron chi connectivity index (χ0n) is 17.9. The van der Waals surface area contributed by atoms with Crippen molar-refractivity contribution in [2.45, 2.75) is 15.8 Å². The maximum absolute atomic E-state index is 13.5. The number of nitrogens with zero attached hydrogens (tertiary/aromatic N) is 2. The smallest absolute Gasteiger partial charge is 0.277 e. The number of nitrogens with one attached hydrogen (secondary N) is 2. The van der Waals surface area contributed by atoms with Crippen molar-refractivity contribution in [1.29, 1.82) is 0 Å². The van der Waals surface area contributed by atoms with Gasteiger partial charge in [-0.2, -0.15) is 5.10 Å². The van der Waals surface area contributed by atoms with Gasteiger partial charge in [-0.15, -0.1) is 0 Å². The highest BCUT2D eigenvalue weighted by molar-refractivity contribution is 7.99. The third kappa shape index (κ3) is 4.51. The van der Waals surface area contributed by atoms with E-state index in [-0.39, 0.29) is 11.0 Å². The van der Waals surface area contributed by atoms with Gasteiger partial charge in [-0.25, -0.2) is 0 Å². The highest BCUT2D eigenvalue weighted by Gasteiger charge is 2.21. The van der Waals surface area contributed by atoms with Crippen molar-refractivity contribution in [3.8, 4) is 17.0 Å². The maximum atomic E-state index is 13.5. The Balaban J connectivity index is 0.00000274. The molecular weight excluding hydrogens is 470 g/mol. The van der Waals surface area contributed by atoms with Crippen LogP contribution in [0.3, 0.4) is 0 Å². The van der Waals surface area contributed by atoms with Crippen LogP contribution in [0.4, 0.5) is 0 Å². The first-order valence-corrected chi connectivity index (χ1v) is 11.4. The molecule has 0 fully saturated rings. The Hall–Kier alpha value is -3.72. The first-order chi connectivity index (χ1) is 16.1. The van der Waals surface area contributed by atoms with Gasteiger partial charge in [0.2, 0.25) is 0 Å². The lowest BCUT2D eigenvalue weighted by molar-refractivity contribution is -0.284. The van der Waals surface area contributed by atoms with Crippen molar-refractivity contribution < 1.29 is 5.11 Å². The molecule has 3 aromatic carbocycles. The lowest BCUT2D eigenvalue weighted by Gasteiger charge is -2.25. The van der Waals surface area contributed by atoms with Gasteiger partial charge < -0.3 is 11.3 Å². The Morgan fingerprint density at radius 2 is 1.68 bits per heavy atom. The van der Waals surface area contributed by atoms with Crippen molar-refractivity contribution in [2.75, 3.05) is 0 Å². The van der Waals surface area contributed by atoms with E-state index in [0.29, 0.717) is 9.92 Å². The Morgan fingerprint density at radius 3 is 2.41 bits per heavy atom. The molecule has 0 amide bonds. The predicted molar refractivity (Wildman–Crippen MR) is 133 cm³/mol. The molecule has 0 saturated heterocycles. The molecule has 2 aromatic heterocycles. The molecule has 2 heterocycles. The normalized spacial score (nSPS) is 11.7. The Kier molecular flexibility index (Phi) is 6.93. The summed E-state index contributed by atoms with van der Waals surface area (Å²) in [5.41, 5.74) is 3.17. The van der Waals surface area contributed by atoms with Crippen molar-refractivity contribution in [3.05, 3.63) is 118 Å². The second kappa shape index (κ2) is 10.0. The number of H-pyrrole nitrogens is 2. The molecule has 5 N–H and O–H groups in total. The number of hydrogen-bond acceptors (Lipinski definition) is 5. The van der Waals surface area contributed by atoms with E-state index in [0.717, 1.165) is 34.0 Å². The van der Waals surface area contributed by atoms with Gasteiger partial charge in [0.1, 0.15) is 0 Å². The monoisotopic (exact) mass is 490 g/mol. The topological polar surface area (TPSA) is 125 Å². The van der Waals surface area contributed by atoms with E-state index in [4.69, 9.17) is 11.6 Å². The number of rotatable bonds is 6. The average molecular weight is 491 g/mol. The highest BCUT2D eigenvalue weighted by Crippen LogP contribution is 2.38. The second-order valence-corrected chi connectivity index (χ2v) is 8.86. The average Bonchev–Trinajstić information content (AvgIpc) is 3.47. The molecule has 0 aliphatic rings. The zero-order valence-corrected chi connectivity index (χ0v) is 19.5. The van der Waals surface area contributed by atoms with Crippen LogP contribution in [0.5, 0.6) is 5.88 Å². The van der Waals surface area contributed by atoms with Crippen molar-refractivity contribution >= 4 is 23.4 Å². The molecule has 1 unspecified atom stereocenters. The third-order valence-corrected chi connectivity index (χ3v) is 6.88. The number of halogens is 1. The minimum Gasteiger partial charge on any atom is -0.858 e. The summed E-state index contributed by atoms with van der Waals surface area (Å²) in [6.45, 7) is 0. The summed E-state index contributed by atoms with van der Waals surface area (Å²) in [6, 6.07) is 24.1. The van der Waals surface area contributed by atoms with Crippen molar-refractivity contribution in [3.63, 3.8) is 0 Å². The zero-order chi connectivity index (χ0) is 22.8. The van der Waals surface area contributed by atoms with Crippen molar-refractivity contribution in [2.24, 2.45) is 0 Å². The number of aromatic nitrogens is 4. The van der Waals surface area contributed by atoms with Gasteiger partial charge in [-0.3, -0.25) is 19.7 Å². The largest absolute Gasteiger partial charge is 0.858 e. The molecule has 172 valence electrons. The van der Waals surface area contributed by atoms with Gasteiger partial charge in [-0.1, -0.05) is 84.0 Å². The summed E-state index contributed by atoms with van der Waals surface area (Å²) in [7, 11) is 0. The summed E-state index contributed by atoms with van der Waals surface area (Å²) in [6.07, 6.45) is 3.55. The first-order valence-electron chi connectivity index (χ1n) is 10.2. The van der Waals surface area contributed by atoms with E-state index in [1.807, 2.05) is 66.9 Å². The van der Waals surface area contributed by atoms with Gasteiger partial charge in [0.25, 0.3) is 5.56 Å². The van der Waals surface area contributed by atoms with E-state index in [1.54, 1.807) is 24.4 Å². The quantitative estimate of drug-likeness (QED) is 0.300. The van der Waals surface area contributed by atoms with Crippen molar-refractivity contribution in [1.82, 2.24) is 26.1 Å². The summed E-state index contributed by atoms with van der Waals surface area (Å²) in [4.78, 5) is 13.6. The minimum absolute atomic E-state index is 0. The SMILES string of the molecule is N.O=c1[nH]n(C(c2ccccc2)c2cccc(-c3cn[nH]c3)c2)c([O-])c1Sc1ccccc1Cl. The fraction of sp³-hybridized carbons (Fsp3) is 0.0400. The molecule has 0 spiro atoms. The molecule has 0 saturated carbocycles. The van der Waals surface area contributed by atoms with Crippen LogP contribution in [-0.2, 0) is 0 Å². The number of hydrogen-bond donors (Lipinski definition) is 3. The molecule has 5 rings (SSSR count). The second-order valence-electron chi connectivity index (χ2n) is 7.40.